The molecule has 1 atom stereocenters. The molecule has 0 saturated heterocycles. The van der Waals surface area contributed by atoms with E-state index in [-0.39, 0.29) is 23.7 Å². The molecule has 7 nitrogen and oxygen atoms in total. The van der Waals surface area contributed by atoms with Gasteiger partial charge in [0.05, 0.1) is 11.0 Å². The van der Waals surface area contributed by atoms with Gasteiger partial charge in [-0.2, -0.15) is 0 Å². The Balaban J connectivity index is 1.70. The van der Waals surface area contributed by atoms with Crippen LogP contribution in [0.1, 0.15) is 61.8 Å². The summed E-state index contributed by atoms with van der Waals surface area (Å²) in [5.41, 5.74) is 1.71. The fraction of sp³-hybridized carbons (Fsp3) is 0.526. The largest absolute Gasteiger partial charge is 0.480 e. The number of carbonyl (C=O) groups excluding carboxylic acids is 1. The van der Waals surface area contributed by atoms with Crippen molar-refractivity contribution in [2.45, 2.75) is 63.6 Å². The predicted octanol–water partition coefficient (Wildman–Crippen LogP) is 2.52. The van der Waals surface area contributed by atoms with Crippen LogP contribution >= 0.6 is 0 Å². The molecule has 1 amide bonds. The minimum atomic E-state index is -1.01. The van der Waals surface area contributed by atoms with Crippen molar-refractivity contribution in [2.24, 2.45) is 0 Å². The molecule has 0 aliphatic heterocycles. The van der Waals surface area contributed by atoms with E-state index in [4.69, 9.17) is 0 Å². The van der Waals surface area contributed by atoms with Gasteiger partial charge in [-0.1, -0.05) is 12.8 Å². The molecule has 2 aliphatic carbocycles. The van der Waals surface area contributed by atoms with E-state index in [0.29, 0.717) is 11.1 Å². The molecule has 4 rings (SSSR count). The topological polar surface area (TPSA) is 95.4 Å². The standard InChI is InChI=1S/C19H23N3O4/c1-11(18(24)25)21(14-7-8-14)17(23)12-6-9-16-15(10-12)20-19(26)22(16)13-4-2-3-5-13/h6,9-11,13-14H,2-5,7-8H2,1H3,(H,20,26)(H,24,25). The first kappa shape index (κ1) is 16.9. The fourth-order valence-corrected chi connectivity index (χ4v) is 4.07. The maximum absolute atomic E-state index is 12.9. The molecule has 1 heterocycles. The fourth-order valence-electron chi connectivity index (χ4n) is 4.07. The molecular weight excluding hydrogens is 334 g/mol. The summed E-state index contributed by atoms with van der Waals surface area (Å²) in [6.45, 7) is 1.54. The Kier molecular flexibility index (Phi) is 4.09. The summed E-state index contributed by atoms with van der Waals surface area (Å²) in [6.07, 6.45) is 5.92. The van der Waals surface area contributed by atoms with Crippen molar-refractivity contribution in [2.75, 3.05) is 0 Å². The molecule has 1 unspecified atom stereocenters. The normalized spacial score (nSPS) is 19.0. The number of benzene rings is 1. The molecule has 26 heavy (non-hydrogen) atoms. The van der Waals surface area contributed by atoms with Gasteiger partial charge in [0.1, 0.15) is 6.04 Å². The second-order valence-corrected chi connectivity index (χ2v) is 7.43. The average molecular weight is 357 g/mol. The Bertz CT molecular complexity index is 918. The molecule has 2 aromatic rings. The van der Waals surface area contributed by atoms with Gasteiger partial charge >= 0.3 is 11.7 Å². The Labute approximate surface area is 150 Å². The predicted molar refractivity (Wildman–Crippen MR) is 96.4 cm³/mol. The molecule has 2 saturated carbocycles. The summed E-state index contributed by atoms with van der Waals surface area (Å²) >= 11 is 0. The number of carbonyl (C=O) groups is 2. The van der Waals surface area contributed by atoms with Crippen LogP contribution in [-0.2, 0) is 4.79 Å². The van der Waals surface area contributed by atoms with E-state index >= 15 is 0 Å². The number of fused-ring (bicyclic) bond motifs is 1. The zero-order valence-electron chi connectivity index (χ0n) is 14.8. The first-order valence-electron chi connectivity index (χ1n) is 9.27. The highest BCUT2D eigenvalue weighted by Gasteiger charge is 2.38. The lowest BCUT2D eigenvalue weighted by Gasteiger charge is -2.26. The lowest BCUT2D eigenvalue weighted by molar-refractivity contribution is -0.141. The van der Waals surface area contributed by atoms with Crippen LogP contribution in [0.25, 0.3) is 11.0 Å². The van der Waals surface area contributed by atoms with Gasteiger partial charge in [0.25, 0.3) is 5.91 Å². The molecule has 138 valence electrons. The zero-order chi connectivity index (χ0) is 18.4. The maximum atomic E-state index is 12.9. The lowest BCUT2D eigenvalue weighted by atomic mass is 10.1. The minimum Gasteiger partial charge on any atom is -0.480 e. The van der Waals surface area contributed by atoms with Gasteiger partial charge in [0.2, 0.25) is 0 Å². The summed E-state index contributed by atoms with van der Waals surface area (Å²) in [6, 6.07) is 4.52. The number of aromatic amines is 1. The summed E-state index contributed by atoms with van der Waals surface area (Å²) in [4.78, 5) is 41.0. The Hall–Kier alpha value is -2.57. The second kappa shape index (κ2) is 6.30. The van der Waals surface area contributed by atoms with Crippen LogP contribution in [0.5, 0.6) is 0 Å². The number of hydrogen-bond donors (Lipinski definition) is 2. The highest BCUT2D eigenvalue weighted by atomic mass is 16.4. The summed E-state index contributed by atoms with van der Waals surface area (Å²) in [7, 11) is 0. The minimum absolute atomic E-state index is 0.00793. The number of H-pyrrole nitrogens is 1. The van der Waals surface area contributed by atoms with E-state index in [1.165, 1.54) is 11.8 Å². The molecule has 1 aromatic carbocycles. The number of rotatable bonds is 5. The van der Waals surface area contributed by atoms with Crippen LogP contribution in [0, 0.1) is 0 Å². The van der Waals surface area contributed by atoms with Gasteiger partial charge in [-0.3, -0.25) is 9.36 Å². The molecule has 0 radical (unpaired) electrons. The van der Waals surface area contributed by atoms with E-state index in [0.717, 1.165) is 44.0 Å². The van der Waals surface area contributed by atoms with Gasteiger partial charge in [0, 0.05) is 17.6 Å². The highest BCUT2D eigenvalue weighted by Crippen LogP contribution is 2.32. The third-order valence-corrected chi connectivity index (χ3v) is 5.60. The number of carboxylic acids is 1. The van der Waals surface area contributed by atoms with Crippen molar-refractivity contribution in [1.82, 2.24) is 14.5 Å². The zero-order valence-corrected chi connectivity index (χ0v) is 14.8. The van der Waals surface area contributed by atoms with Crippen LogP contribution in [0.15, 0.2) is 23.0 Å². The van der Waals surface area contributed by atoms with Crippen LogP contribution in [0.3, 0.4) is 0 Å². The summed E-state index contributed by atoms with van der Waals surface area (Å²) in [5.74, 6) is -1.30. The van der Waals surface area contributed by atoms with E-state index in [1.807, 2.05) is 0 Å². The first-order chi connectivity index (χ1) is 12.5. The first-order valence-corrected chi connectivity index (χ1v) is 9.27. The number of hydrogen-bond acceptors (Lipinski definition) is 3. The third-order valence-electron chi connectivity index (χ3n) is 5.60. The van der Waals surface area contributed by atoms with Gasteiger partial charge in [-0.15, -0.1) is 0 Å². The molecule has 7 heteroatoms. The Morgan fingerprint density at radius 1 is 1.23 bits per heavy atom. The second-order valence-electron chi connectivity index (χ2n) is 7.43. The van der Waals surface area contributed by atoms with Crippen molar-refractivity contribution in [1.29, 1.82) is 0 Å². The monoisotopic (exact) mass is 357 g/mol. The van der Waals surface area contributed by atoms with Crippen LogP contribution in [0.4, 0.5) is 0 Å². The number of aromatic nitrogens is 2. The SMILES string of the molecule is CC(C(=O)O)N(C(=O)c1ccc2c(c1)[nH]c(=O)n2C1CCCC1)C1CC1. The van der Waals surface area contributed by atoms with Crippen molar-refractivity contribution in [3.63, 3.8) is 0 Å². The van der Waals surface area contributed by atoms with E-state index in [9.17, 15) is 19.5 Å². The van der Waals surface area contributed by atoms with Gasteiger partial charge < -0.3 is 15.0 Å². The Morgan fingerprint density at radius 2 is 1.92 bits per heavy atom. The molecule has 0 bridgehead atoms. The summed E-state index contributed by atoms with van der Waals surface area (Å²) in [5, 5.41) is 9.31. The number of imidazole rings is 1. The number of nitrogens with zero attached hydrogens (tertiary/aromatic N) is 2. The van der Waals surface area contributed by atoms with Gasteiger partial charge in [-0.25, -0.2) is 9.59 Å². The lowest BCUT2D eigenvalue weighted by Crippen LogP contribution is -2.44. The van der Waals surface area contributed by atoms with Crippen molar-refractivity contribution in [3.05, 3.63) is 34.2 Å². The van der Waals surface area contributed by atoms with Gasteiger partial charge in [-0.05, 0) is 50.8 Å². The van der Waals surface area contributed by atoms with Crippen molar-refractivity contribution < 1.29 is 14.7 Å². The highest BCUT2D eigenvalue weighted by molar-refractivity contribution is 5.99. The van der Waals surface area contributed by atoms with Crippen molar-refractivity contribution >= 4 is 22.9 Å². The smallest absolute Gasteiger partial charge is 0.326 e. The van der Waals surface area contributed by atoms with E-state index in [1.54, 1.807) is 22.8 Å². The molecule has 0 spiro atoms. The Morgan fingerprint density at radius 3 is 2.54 bits per heavy atom. The molecule has 2 aliphatic rings. The number of aliphatic carboxylic acids is 1. The quantitative estimate of drug-likeness (QED) is 0.859. The number of carboxylic acid groups (broad SMARTS) is 1. The van der Waals surface area contributed by atoms with Crippen LogP contribution in [-0.4, -0.2) is 43.5 Å². The third kappa shape index (κ3) is 2.81. The molecule has 2 N–H and O–H groups in total. The maximum Gasteiger partial charge on any atom is 0.326 e. The average Bonchev–Trinajstić information content (AvgIpc) is 3.18. The number of amides is 1. The van der Waals surface area contributed by atoms with Gasteiger partial charge in [0.15, 0.2) is 0 Å². The number of nitrogens with one attached hydrogen (secondary N) is 1. The van der Waals surface area contributed by atoms with Crippen molar-refractivity contribution in [3.8, 4) is 0 Å². The van der Waals surface area contributed by atoms with Crippen LogP contribution in [0.2, 0.25) is 0 Å². The van der Waals surface area contributed by atoms with Crippen LogP contribution < -0.4 is 5.69 Å². The molecule has 1 aromatic heterocycles. The molecule has 2 fully saturated rings. The summed E-state index contributed by atoms with van der Waals surface area (Å²) < 4.78 is 1.80. The molecular formula is C19H23N3O4. The van der Waals surface area contributed by atoms with E-state index in [2.05, 4.69) is 4.98 Å². The van der Waals surface area contributed by atoms with E-state index < -0.39 is 12.0 Å².